The Morgan fingerprint density at radius 3 is 2.19 bits per heavy atom. The van der Waals surface area contributed by atoms with E-state index in [1.54, 1.807) is 28.6 Å². The van der Waals surface area contributed by atoms with Gasteiger partial charge in [0.1, 0.15) is 0 Å². The van der Waals surface area contributed by atoms with Crippen molar-refractivity contribution >= 4 is 27.4 Å². The number of nitrogens with zero attached hydrogens (tertiary/aromatic N) is 2. The van der Waals surface area contributed by atoms with Crippen LogP contribution >= 0.6 is 0 Å². The molecular weight excluding hydrogens is 428 g/mol. The molecule has 8 nitrogen and oxygen atoms in total. The number of rotatable bonds is 6. The van der Waals surface area contributed by atoms with Crippen molar-refractivity contribution in [1.29, 1.82) is 0 Å². The van der Waals surface area contributed by atoms with Crippen LogP contribution in [0.25, 0.3) is 0 Å². The first-order valence-corrected chi connectivity index (χ1v) is 12.4. The molecule has 4 rings (SSSR count). The van der Waals surface area contributed by atoms with E-state index in [0.717, 1.165) is 38.0 Å². The lowest BCUT2D eigenvalue weighted by atomic mass is 10.2. The molecule has 9 heteroatoms. The highest BCUT2D eigenvalue weighted by Crippen LogP contribution is 2.27. The highest BCUT2D eigenvalue weighted by Gasteiger charge is 2.36. The van der Waals surface area contributed by atoms with Crippen molar-refractivity contribution in [3.05, 3.63) is 54.1 Å². The first-order chi connectivity index (χ1) is 15.4. The van der Waals surface area contributed by atoms with Crippen LogP contribution in [0.1, 0.15) is 18.4 Å². The minimum Gasteiger partial charge on any atom is -0.379 e. The molecule has 2 aromatic rings. The predicted octanol–water partition coefficient (Wildman–Crippen LogP) is 3.12. The van der Waals surface area contributed by atoms with Crippen LogP contribution in [-0.4, -0.2) is 69.1 Å². The molecule has 0 spiro atoms. The topological polar surface area (TPSA) is 91.0 Å². The van der Waals surface area contributed by atoms with Gasteiger partial charge in [0.25, 0.3) is 0 Å². The van der Waals surface area contributed by atoms with E-state index in [1.807, 2.05) is 31.2 Å². The molecule has 0 aliphatic carbocycles. The Bertz CT molecular complexity index is 1020. The molecule has 0 radical (unpaired) electrons. The number of morpholine rings is 1. The van der Waals surface area contributed by atoms with E-state index in [4.69, 9.17) is 4.74 Å². The van der Waals surface area contributed by atoms with Crippen LogP contribution in [0.2, 0.25) is 0 Å². The van der Waals surface area contributed by atoms with Gasteiger partial charge in [0, 0.05) is 43.6 Å². The smallest absolute Gasteiger partial charge is 0.323 e. The standard InChI is InChI=1S/C23H30N4O4S/c1-18-4-6-19(7-5-18)24-23(28)25-20-8-10-22(11-9-20)32(29,30)27-12-2-3-21(27)17-26-13-15-31-16-14-26/h4-11,21H,2-3,12-17H2,1H3,(H2,24,25,28)/t21-/m1/s1. The highest BCUT2D eigenvalue weighted by molar-refractivity contribution is 7.89. The molecule has 0 saturated carbocycles. The van der Waals surface area contributed by atoms with Gasteiger partial charge in [0.05, 0.1) is 18.1 Å². The van der Waals surface area contributed by atoms with Crippen LogP contribution in [0.3, 0.4) is 0 Å². The van der Waals surface area contributed by atoms with Crippen LogP contribution < -0.4 is 10.6 Å². The monoisotopic (exact) mass is 458 g/mol. The number of benzene rings is 2. The van der Waals surface area contributed by atoms with Gasteiger partial charge >= 0.3 is 6.03 Å². The van der Waals surface area contributed by atoms with Crippen molar-refractivity contribution in [2.24, 2.45) is 0 Å². The van der Waals surface area contributed by atoms with E-state index < -0.39 is 10.0 Å². The second-order valence-corrected chi connectivity index (χ2v) is 10.2. The van der Waals surface area contributed by atoms with Crippen molar-refractivity contribution in [2.75, 3.05) is 50.0 Å². The summed E-state index contributed by atoms with van der Waals surface area (Å²) in [6, 6.07) is 13.4. The highest BCUT2D eigenvalue weighted by atomic mass is 32.2. The number of sulfonamides is 1. The molecule has 0 bridgehead atoms. The molecule has 2 heterocycles. The van der Waals surface area contributed by atoms with Crippen LogP contribution in [0.5, 0.6) is 0 Å². The zero-order chi connectivity index (χ0) is 22.6. The molecule has 32 heavy (non-hydrogen) atoms. The van der Waals surface area contributed by atoms with Crippen molar-refractivity contribution in [3.8, 4) is 0 Å². The fourth-order valence-electron chi connectivity index (χ4n) is 4.17. The van der Waals surface area contributed by atoms with Gasteiger partial charge in [-0.2, -0.15) is 4.31 Å². The fraction of sp³-hybridized carbons (Fsp3) is 0.435. The van der Waals surface area contributed by atoms with Gasteiger partial charge in [-0.15, -0.1) is 0 Å². The Kier molecular flexibility index (Phi) is 7.10. The second kappa shape index (κ2) is 9.99. The number of carbonyl (C=O) groups excluding carboxylic acids is 1. The number of amides is 2. The largest absolute Gasteiger partial charge is 0.379 e. The van der Waals surface area contributed by atoms with Gasteiger partial charge in [-0.1, -0.05) is 17.7 Å². The molecule has 2 amide bonds. The molecule has 0 aromatic heterocycles. The normalized spacial score (nSPS) is 20.2. The number of nitrogens with one attached hydrogen (secondary N) is 2. The van der Waals surface area contributed by atoms with Gasteiger partial charge in [-0.3, -0.25) is 4.90 Å². The Balaban J connectivity index is 1.38. The number of urea groups is 1. The van der Waals surface area contributed by atoms with Gasteiger partial charge in [0.15, 0.2) is 0 Å². The maximum atomic E-state index is 13.3. The summed E-state index contributed by atoms with van der Waals surface area (Å²) in [6.45, 7) is 6.34. The van der Waals surface area contributed by atoms with Crippen LogP contribution in [0.15, 0.2) is 53.4 Å². The minimum absolute atomic E-state index is 0.0174. The van der Waals surface area contributed by atoms with Crippen molar-refractivity contribution < 1.29 is 17.9 Å². The summed E-state index contributed by atoms with van der Waals surface area (Å²) >= 11 is 0. The second-order valence-electron chi connectivity index (χ2n) is 8.29. The number of hydrogen-bond acceptors (Lipinski definition) is 5. The van der Waals surface area contributed by atoms with E-state index in [2.05, 4.69) is 15.5 Å². The van der Waals surface area contributed by atoms with E-state index >= 15 is 0 Å². The van der Waals surface area contributed by atoms with Crippen molar-refractivity contribution in [2.45, 2.75) is 30.7 Å². The molecule has 0 unspecified atom stereocenters. The quantitative estimate of drug-likeness (QED) is 0.694. The van der Waals surface area contributed by atoms with E-state index in [9.17, 15) is 13.2 Å². The first kappa shape index (κ1) is 22.7. The van der Waals surface area contributed by atoms with E-state index in [0.29, 0.717) is 31.1 Å². The van der Waals surface area contributed by atoms with Crippen molar-refractivity contribution in [3.63, 3.8) is 0 Å². The van der Waals surface area contributed by atoms with E-state index in [-0.39, 0.29) is 17.0 Å². The number of hydrogen-bond donors (Lipinski definition) is 2. The third-order valence-electron chi connectivity index (χ3n) is 5.92. The average molecular weight is 459 g/mol. The molecule has 2 aliphatic rings. The van der Waals surface area contributed by atoms with E-state index in [1.165, 1.54) is 0 Å². The summed E-state index contributed by atoms with van der Waals surface area (Å²) in [5, 5.41) is 5.50. The molecule has 172 valence electrons. The molecule has 2 aromatic carbocycles. The third-order valence-corrected chi connectivity index (χ3v) is 7.89. The van der Waals surface area contributed by atoms with Gasteiger partial charge in [0.2, 0.25) is 10.0 Å². The van der Waals surface area contributed by atoms with Crippen LogP contribution in [0.4, 0.5) is 16.2 Å². The predicted molar refractivity (Wildman–Crippen MR) is 124 cm³/mol. The lowest BCUT2D eigenvalue weighted by Crippen LogP contribution is -2.46. The maximum Gasteiger partial charge on any atom is 0.323 e. The summed E-state index contributed by atoms with van der Waals surface area (Å²) in [5.41, 5.74) is 2.32. The van der Waals surface area contributed by atoms with Gasteiger partial charge in [-0.25, -0.2) is 13.2 Å². The molecule has 2 saturated heterocycles. The molecule has 2 fully saturated rings. The fourth-order valence-corrected chi connectivity index (χ4v) is 5.85. The zero-order valence-corrected chi connectivity index (χ0v) is 19.1. The summed E-state index contributed by atoms with van der Waals surface area (Å²) in [6.07, 6.45) is 1.74. The van der Waals surface area contributed by atoms with Crippen LogP contribution in [0, 0.1) is 6.92 Å². The minimum atomic E-state index is -3.59. The lowest BCUT2D eigenvalue weighted by Gasteiger charge is -2.32. The Morgan fingerprint density at radius 1 is 0.969 bits per heavy atom. The Morgan fingerprint density at radius 2 is 1.56 bits per heavy atom. The number of carbonyl (C=O) groups is 1. The van der Waals surface area contributed by atoms with Crippen molar-refractivity contribution in [1.82, 2.24) is 9.21 Å². The molecule has 2 aliphatic heterocycles. The summed E-state index contributed by atoms with van der Waals surface area (Å²) < 4.78 is 33.6. The number of aryl methyl sites for hydroxylation is 1. The van der Waals surface area contributed by atoms with Gasteiger partial charge in [-0.05, 0) is 56.2 Å². The lowest BCUT2D eigenvalue weighted by molar-refractivity contribution is 0.0312. The summed E-state index contributed by atoms with van der Waals surface area (Å²) in [5.74, 6) is 0. The zero-order valence-electron chi connectivity index (χ0n) is 18.3. The SMILES string of the molecule is Cc1ccc(NC(=O)Nc2ccc(S(=O)(=O)N3CCC[C@@H]3CN3CCOCC3)cc2)cc1. The Labute approximate surface area is 189 Å². The summed E-state index contributed by atoms with van der Waals surface area (Å²) in [7, 11) is -3.59. The molecule has 2 N–H and O–H groups in total. The molecular formula is C23H30N4O4S. The average Bonchev–Trinajstić information content (AvgIpc) is 3.25. The first-order valence-electron chi connectivity index (χ1n) is 11.0. The number of anilines is 2. The van der Waals surface area contributed by atoms with Gasteiger partial charge < -0.3 is 15.4 Å². The molecule has 1 atom stereocenters. The summed E-state index contributed by atoms with van der Waals surface area (Å²) in [4.78, 5) is 14.8. The Hall–Kier alpha value is -2.46. The maximum absolute atomic E-state index is 13.3. The number of ether oxygens (including phenoxy) is 1. The third kappa shape index (κ3) is 5.47. The van der Waals surface area contributed by atoms with Crippen LogP contribution in [-0.2, 0) is 14.8 Å².